The zero-order chi connectivity index (χ0) is 23.3. The second kappa shape index (κ2) is 10.0. The molecule has 4 rings (SSSR count). The molecule has 0 unspecified atom stereocenters. The van der Waals surface area contributed by atoms with E-state index in [2.05, 4.69) is 10.3 Å². The highest BCUT2D eigenvalue weighted by Gasteiger charge is 2.40. The summed E-state index contributed by atoms with van der Waals surface area (Å²) in [6.45, 7) is 2.72. The highest BCUT2D eigenvalue weighted by Crippen LogP contribution is 2.30. The summed E-state index contributed by atoms with van der Waals surface area (Å²) in [5.41, 5.74) is 3.19. The number of ether oxygens (including phenoxy) is 1. The van der Waals surface area contributed by atoms with Gasteiger partial charge in [0, 0.05) is 24.8 Å². The third-order valence-electron chi connectivity index (χ3n) is 5.92. The lowest BCUT2D eigenvalue weighted by Crippen LogP contribution is -2.57. The summed E-state index contributed by atoms with van der Waals surface area (Å²) in [5, 5.41) is 3.06. The average Bonchev–Trinajstić information content (AvgIpc) is 3.33. The lowest BCUT2D eigenvalue weighted by atomic mass is 9.82. The van der Waals surface area contributed by atoms with Crippen LogP contribution in [-0.4, -0.2) is 42.4 Å². The molecule has 2 heterocycles. The Balaban J connectivity index is 1.47. The van der Waals surface area contributed by atoms with Crippen molar-refractivity contribution in [3.63, 3.8) is 0 Å². The van der Waals surface area contributed by atoms with E-state index in [1.807, 2.05) is 37.3 Å². The lowest BCUT2D eigenvalue weighted by molar-refractivity contribution is 0.113. The van der Waals surface area contributed by atoms with E-state index in [4.69, 9.17) is 4.74 Å². The van der Waals surface area contributed by atoms with Crippen molar-refractivity contribution in [2.75, 3.05) is 13.1 Å². The van der Waals surface area contributed by atoms with Crippen LogP contribution in [0.15, 0.2) is 71.2 Å². The minimum absolute atomic E-state index is 0.159. The van der Waals surface area contributed by atoms with Crippen LogP contribution in [0, 0.1) is 6.92 Å². The number of sulfonamides is 1. The van der Waals surface area contributed by atoms with E-state index in [1.165, 1.54) is 15.6 Å². The number of benzene rings is 2. The van der Waals surface area contributed by atoms with Gasteiger partial charge in [-0.05, 0) is 43.9 Å². The van der Waals surface area contributed by atoms with Crippen LogP contribution >= 0.6 is 11.3 Å². The molecule has 9 heteroatoms. The molecular weight excluding hydrogens is 458 g/mol. The molecule has 0 spiro atoms. The first-order chi connectivity index (χ1) is 15.9. The van der Waals surface area contributed by atoms with E-state index in [1.54, 1.807) is 36.0 Å². The van der Waals surface area contributed by atoms with E-state index < -0.39 is 21.7 Å². The van der Waals surface area contributed by atoms with E-state index in [-0.39, 0.29) is 6.61 Å². The number of carbonyl (C=O) groups excluding carboxylic acids is 1. The van der Waals surface area contributed by atoms with Crippen molar-refractivity contribution in [1.29, 1.82) is 0 Å². The predicted molar refractivity (Wildman–Crippen MR) is 127 cm³/mol. The van der Waals surface area contributed by atoms with Crippen LogP contribution in [0.4, 0.5) is 4.79 Å². The van der Waals surface area contributed by atoms with Gasteiger partial charge in [0.05, 0.1) is 15.3 Å². The first kappa shape index (κ1) is 23.4. The van der Waals surface area contributed by atoms with Gasteiger partial charge >= 0.3 is 6.09 Å². The number of aryl methyl sites for hydroxylation is 1. The third-order valence-corrected chi connectivity index (χ3v) is 8.59. The number of thiazole rings is 1. The van der Waals surface area contributed by atoms with Gasteiger partial charge in [-0.25, -0.2) is 13.2 Å². The quantitative estimate of drug-likeness (QED) is 0.543. The Hall–Kier alpha value is -2.75. The number of aromatic nitrogens is 1. The SMILES string of the molecule is Cc1ccc(S(=O)(=O)N2CCC(Cc3ccccc3)(NC(=O)OCc3cncs3)CC2)cc1. The van der Waals surface area contributed by atoms with Crippen molar-refractivity contribution in [2.45, 2.75) is 43.2 Å². The summed E-state index contributed by atoms with van der Waals surface area (Å²) < 4.78 is 33.2. The van der Waals surface area contributed by atoms with Crippen LogP contribution in [0.1, 0.15) is 28.8 Å². The Morgan fingerprint density at radius 1 is 1.12 bits per heavy atom. The summed E-state index contributed by atoms with van der Waals surface area (Å²) in [7, 11) is -3.59. The van der Waals surface area contributed by atoms with Crippen LogP contribution in [0.2, 0.25) is 0 Å². The van der Waals surface area contributed by atoms with Gasteiger partial charge in [-0.15, -0.1) is 11.3 Å². The first-order valence-corrected chi connectivity index (χ1v) is 13.1. The fourth-order valence-corrected chi connectivity index (χ4v) is 6.00. The molecule has 0 aliphatic carbocycles. The molecular formula is C24H27N3O4S2. The Labute approximate surface area is 198 Å². The lowest BCUT2D eigenvalue weighted by Gasteiger charge is -2.41. The van der Waals surface area contributed by atoms with Gasteiger partial charge in [0.1, 0.15) is 6.61 Å². The standard InChI is InChI=1S/C24H27N3O4S2/c1-19-7-9-22(10-8-19)33(29,30)27-13-11-24(12-14-27,15-20-5-3-2-4-6-20)26-23(28)31-17-21-16-25-18-32-21/h2-10,16,18H,11-15,17H2,1H3,(H,26,28). The summed E-state index contributed by atoms with van der Waals surface area (Å²) in [6.07, 6.45) is 2.74. The Morgan fingerprint density at radius 2 is 1.82 bits per heavy atom. The van der Waals surface area contributed by atoms with Crippen LogP contribution < -0.4 is 5.32 Å². The van der Waals surface area contributed by atoms with Crippen molar-refractivity contribution in [1.82, 2.24) is 14.6 Å². The molecule has 3 aromatic rings. The second-order valence-electron chi connectivity index (χ2n) is 8.33. The topological polar surface area (TPSA) is 88.6 Å². The molecule has 7 nitrogen and oxygen atoms in total. The van der Waals surface area contributed by atoms with E-state index >= 15 is 0 Å². The monoisotopic (exact) mass is 485 g/mol. The fraction of sp³-hybridized carbons (Fsp3) is 0.333. The molecule has 1 fully saturated rings. The first-order valence-electron chi connectivity index (χ1n) is 10.8. The second-order valence-corrected chi connectivity index (χ2v) is 11.2. The van der Waals surface area contributed by atoms with Gasteiger partial charge in [-0.2, -0.15) is 4.31 Å². The minimum atomic E-state index is -3.59. The maximum Gasteiger partial charge on any atom is 0.407 e. The Morgan fingerprint density at radius 3 is 2.45 bits per heavy atom. The Kier molecular flexibility index (Phi) is 7.11. The van der Waals surface area contributed by atoms with Gasteiger partial charge in [-0.1, -0.05) is 48.0 Å². The zero-order valence-corrected chi connectivity index (χ0v) is 20.1. The van der Waals surface area contributed by atoms with Gasteiger partial charge < -0.3 is 10.1 Å². The summed E-state index contributed by atoms with van der Waals surface area (Å²) in [6, 6.07) is 16.8. The fourth-order valence-electron chi connectivity index (χ4n) is 4.05. The third kappa shape index (κ3) is 5.79. The van der Waals surface area contributed by atoms with Crippen molar-refractivity contribution in [3.05, 3.63) is 82.3 Å². The molecule has 0 radical (unpaired) electrons. The highest BCUT2D eigenvalue weighted by atomic mass is 32.2. The van der Waals surface area contributed by atoms with Crippen molar-refractivity contribution in [3.8, 4) is 0 Å². The van der Waals surface area contributed by atoms with Crippen molar-refractivity contribution in [2.24, 2.45) is 0 Å². The highest BCUT2D eigenvalue weighted by molar-refractivity contribution is 7.89. The smallest absolute Gasteiger partial charge is 0.407 e. The summed E-state index contributed by atoms with van der Waals surface area (Å²) >= 11 is 1.42. The molecule has 33 heavy (non-hydrogen) atoms. The molecule has 2 aromatic carbocycles. The number of piperidine rings is 1. The molecule has 1 saturated heterocycles. The normalized spacial score (nSPS) is 16.3. The average molecular weight is 486 g/mol. The van der Waals surface area contributed by atoms with Crippen LogP contribution in [0.3, 0.4) is 0 Å². The molecule has 1 N–H and O–H groups in total. The van der Waals surface area contributed by atoms with Gasteiger partial charge in [0.25, 0.3) is 0 Å². The number of rotatable bonds is 7. The van der Waals surface area contributed by atoms with Crippen molar-refractivity contribution < 1.29 is 17.9 Å². The molecule has 0 atom stereocenters. The molecule has 1 aliphatic heterocycles. The molecule has 0 bridgehead atoms. The number of alkyl carbamates (subject to hydrolysis) is 1. The summed E-state index contributed by atoms with van der Waals surface area (Å²) in [4.78, 5) is 17.8. The van der Waals surface area contributed by atoms with Crippen LogP contribution in [-0.2, 0) is 27.8 Å². The van der Waals surface area contributed by atoms with E-state index in [0.29, 0.717) is 37.2 Å². The van der Waals surface area contributed by atoms with Gasteiger partial charge in [0.15, 0.2) is 0 Å². The Bertz CT molecular complexity index is 1160. The van der Waals surface area contributed by atoms with E-state index in [9.17, 15) is 13.2 Å². The number of hydrogen-bond donors (Lipinski definition) is 1. The zero-order valence-electron chi connectivity index (χ0n) is 18.4. The molecule has 1 aromatic heterocycles. The maximum absolute atomic E-state index is 13.1. The van der Waals surface area contributed by atoms with Crippen LogP contribution in [0.25, 0.3) is 0 Å². The molecule has 174 valence electrons. The number of nitrogens with one attached hydrogen (secondary N) is 1. The molecule has 0 saturated carbocycles. The van der Waals surface area contributed by atoms with Crippen molar-refractivity contribution >= 4 is 27.5 Å². The van der Waals surface area contributed by atoms with Gasteiger partial charge in [-0.3, -0.25) is 4.98 Å². The van der Waals surface area contributed by atoms with Crippen LogP contribution in [0.5, 0.6) is 0 Å². The summed E-state index contributed by atoms with van der Waals surface area (Å²) in [5.74, 6) is 0. The number of carbonyl (C=O) groups is 1. The number of hydrogen-bond acceptors (Lipinski definition) is 6. The number of nitrogens with zero attached hydrogens (tertiary/aromatic N) is 2. The largest absolute Gasteiger partial charge is 0.444 e. The number of amides is 1. The minimum Gasteiger partial charge on any atom is -0.444 e. The molecule has 1 aliphatic rings. The molecule has 1 amide bonds. The van der Waals surface area contributed by atoms with E-state index in [0.717, 1.165) is 16.0 Å². The predicted octanol–water partition coefficient (Wildman–Crippen LogP) is 4.14. The maximum atomic E-state index is 13.1. The van der Waals surface area contributed by atoms with Gasteiger partial charge in [0.2, 0.25) is 10.0 Å².